The van der Waals surface area contributed by atoms with Crippen molar-refractivity contribution >= 4 is 10.8 Å². The van der Waals surface area contributed by atoms with Gasteiger partial charge in [0.05, 0.1) is 17.3 Å². The molecule has 3 nitrogen and oxygen atoms in total. The van der Waals surface area contributed by atoms with Gasteiger partial charge in [-0.15, -0.1) is 0 Å². The van der Waals surface area contributed by atoms with Gasteiger partial charge >= 0.3 is 0 Å². The molecule has 0 saturated heterocycles. The molecular weight excluding hydrogens is 231 g/mol. The summed E-state index contributed by atoms with van der Waals surface area (Å²) in [5.74, 6) is -0.374. The number of para-hydroxylation sites is 1. The molecule has 1 aromatic heterocycles. The minimum absolute atomic E-state index is 0.251. The van der Waals surface area contributed by atoms with Gasteiger partial charge in [0.2, 0.25) is 0 Å². The maximum absolute atomic E-state index is 13.1. The first-order valence-electron chi connectivity index (χ1n) is 5.49. The summed E-state index contributed by atoms with van der Waals surface area (Å²) in [7, 11) is 0. The predicted octanol–water partition coefficient (Wildman–Crippen LogP) is 2.52. The van der Waals surface area contributed by atoms with Crippen LogP contribution in [0.5, 0.6) is 0 Å². The van der Waals surface area contributed by atoms with Gasteiger partial charge in [-0.2, -0.15) is 9.78 Å². The molecule has 0 fully saturated rings. The minimum atomic E-state index is -0.374. The largest absolute Gasteiger partial charge is 0.279 e. The van der Waals surface area contributed by atoms with Crippen LogP contribution in [-0.4, -0.2) is 9.78 Å². The molecule has 0 bridgehead atoms. The maximum atomic E-state index is 13.1. The monoisotopic (exact) mass is 240 g/mol. The second kappa shape index (κ2) is 4.07. The first-order chi connectivity index (χ1) is 8.75. The van der Waals surface area contributed by atoms with Crippen LogP contribution in [0.25, 0.3) is 16.5 Å². The Morgan fingerprint density at radius 1 is 1.06 bits per heavy atom. The van der Waals surface area contributed by atoms with Crippen molar-refractivity contribution in [3.8, 4) is 5.69 Å². The Kier molecular flexibility index (Phi) is 2.41. The molecule has 3 aromatic rings. The summed E-state index contributed by atoms with van der Waals surface area (Å²) in [4.78, 5) is 12.2. The maximum Gasteiger partial charge on any atom is 0.279 e. The van der Waals surface area contributed by atoms with Crippen molar-refractivity contribution < 1.29 is 4.39 Å². The second-order valence-corrected chi connectivity index (χ2v) is 3.93. The lowest BCUT2D eigenvalue weighted by Crippen LogP contribution is -2.20. The summed E-state index contributed by atoms with van der Waals surface area (Å²) in [6.45, 7) is 0. The van der Waals surface area contributed by atoms with Gasteiger partial charge in [0, 0.05) is 5.39 Å². The van der Waals surface area contributed by atoms with E-state index in [4.69, 9.17) is 0 Å². The molecule has 0 aliphatic heterocycles. The Bertz CT molecular complexity index is 766. The fraction of sp³-hybridized carbons (Fsp3) is 0. The predicted molar refractivity (Wildman–Crippen MR) is 67.3 cm³/mol. The van der Waals surface area contributed by atoms with Gasteiger partial charge in [-0.3, -0.25) is 4.79 Å². The summed E-state index contributed by atoms with van der Waals surface area (Å²) < 4.78 is 14.4. The van der Waals surface area contributed by atoms with E-state index in [-0.39, 0.29) is 11.4 Å². The van der Waals surface area contributed by atoms with Gasteiger partial charge in [0.1, 0.15) is 5.82 Å². The molecule has 0 radical (unpaired) electrons. The van der Waals surface area contributed by atoms with E-state index >= 15 is 0 Å². The lowest BCUT2D eigenvalue weighted by Gasteiger charge is -2.05. The first-order valence-corrected chi connectivity index (χ1v) is 5.49. The Labute approximate surface area is 102 Å². The lowest BCUT2D eigenvalue weighted by atomic mass is 10.2. The number of nitrogens with zero attached hydrogens (tertiary/aromatic N) is 2. The van der Waals surface area contributed by atoms with E-state index in [1.165, 1.54) is 29.1 Å². The fourth-order valence-corrected chi connectivity index (χ4v) is 1.87. The van der Waals surface area contributed by atoms with Crippen molar-refractivity contribution in [2.75, 3.05) is 0 Å². The van der Waals surface area contributed by atoms with E-state index in [1.807, 2.05) is 18.2 Å². The number of halogens is 1. The van der Waals surface area contributed by atoms with Crippen LogP contribution in [0, 0.1) is 5.82 Å². The highest BCUT2D eigenvalue weighted by Gasteiger charge is 2.06. The van der Waals surface area contributed by atoms with Crippen LogP contribution < -0.4 is 5.56 Å². The molecule has 0 saturated carbocycles. The summed E-state index contributed by atoms with van der Waals surface area (Å²) in [6.07, 6.45) is 1.49. The van der Waals surface area contributed by atoms with Gasteiger partial charge in [0.25, 0.3) is 5.56 Å². The van der Waals surface area contributed by atoms with Crippen LogP contribution in [0.1, 0.15) is 0 Å². The molecule has 0 amide bonds. The number of rotatable bonds is 1. The van der Waals surface area contributed by atoms with Gasteiger partial charge in [-0.1, -0.05) is 18.2 Å². The molecule has 0 atom stereocenters. The molecule has 0 aliphatic carbocycles. The molecule has 4 heteroatoms. The Hall–Kier alpha value is -2.49. The van der Waals surface area contributed by atoms with Crippen LogP contribution in [-0.2, 0) is 0 Å². The molecule has 0 spiro atoms. The zero-order valence-corrected chi connectivity index (χ0v) is 9.38. The Morgan fingerprint density at radius 2 is 1.83 bits per heavy atom. The molecule has 88 valence electrons. The molecule has 0 unspecified atom stereocenters. The third-order valence-electron chi connectivity index (χ3n) is 2.75. The van der Waals surface area contributed by atoms with E-state index < -0.39 is 0 Å². The average Bonchev–Trinajstić information content (AvgIpc) is 2.40. The fourth-order valence-electron chi connectivity index (χ4n) is 1.87. The van der Waals surface area contributed by atoms with E-state index in [9.17, 15) is 9.18 Å². The second-order valence-electron chi connectivity index (χ2n) is 3.93. The highest BCUT2D eigenvalue weighted by molar-refractivity contribution is 5.80. The molecule has 18 heavy (non-hydrogen) atoms. The topological polar surface area (TPSA) is 34.9 Å². The third-order valence-corrected chi connectivity index (χ3v) is 2.75. The normalized spacial score (nSPS) is 10.7. The van der Waals surface area contributed by atoms with E-state index in [1.54, 1.807) is 12.1 Å². The Balaban J connectivity index is 2.31. The summed E-state index contributed by atoms with van der Waals surface area (Å²) in [6, 6.07) is 13.2. The number of hydrogen-bond donors (Lipinski definition) is 0. The average molecular weight is 240 g/mol. The molecule has 2 aromatic carbocycles. The van der Waals surface area contributed by atoms with Crippen molar-refractivity contribution in [3.63, 3.8) is 0 Å². The first kappa shape index (κ1) is 10.7. The summed E-state index contributed by atoms with van der Waals surface area (Å²) >= 11 is 0. The zero-order chi connectivity index (χ0) is 12.5. The smallest absolute Gasteiger partial charge is 0.267 e. The third kappa shape index (κ3) is 1.68. The highest BCUT2D eigenvalue weighted by atomic mass is 19.1. The van der Waals surface area contributed by atoms with Crippen molar-refractivity contribution in [2.24, 2.45) is 0 Å². The number of benzene rings is 2. The molecule has 0 aliphatic rings. The van der Waals surface area contributed by atoms with Crippen molar-refractivity contribution in [3.05, 3.63) is 70.9 Å². The highest BCUT2D eigenvalue weighted by Crippen LogP contribution is 2.11. The molecular formula is C14H9FN2O. The number of hydrogen-bond acceptors (Lipinski definition) is 2. The van der Waals surface area contributed by atoms with Crippen LogP contribution >= 0.6 is 0 Å². The molecule has 3 rings (SSSR count). The van der Waals surface area contributed by atoms with Gasteiger partial charge in [-0.25, -0.2) is 4.39 Å². The van der Waals surface area contributed by atoms with E-state index in [2.05, 4.69) is 5.10 Å². The number of aromatic nitrogens is 2. The van der Waals surface area contributed by atoms with Crippen LogP contribution in [0.2, 0.25) is 0 Å². The number of fused-ring (bicyclic) bond motifs is 1. The standard InChI is InChI=1S/C14H9FN2O/c15-11-6-7-13-10(8-11)9-16-17(14(13)18)12-4-2-1-3-5-12/h1-9H. The van der Waals surface area contributed by atoms with Crippen LogP contribution in [0.3, 0.4) is 0 Å². The van der Waals surface area contributed by atoms with Gasteiger partial charge in [-0.05, 0) is 30.3 Å². The van der Waals surface area contributed by atoms with Crippen molar-refractivity contribution in [2.45, 2.75) is 0 Å². The molecule has 0 N–H and O–H groups in total. The van der Waals surface area contributed by atoms with Crippen molar-refractivity contribution in [1.29, 1.82) is 0 Å². The quantitative estimate of drug-likeness (QED) is 0.655. The zero-order valence-electron chi connectivity index (χ0n) is 9.38. The summed E-state index contributed by atoms with van der Waals surface area (Å²) in [5, 5.41) is 5.02. The van der Waals surface area contributed by atoms with Crippen molar-refractivity contribution in [1.82, 2.24) is 9.78 Å². The minimum Gasteiger partial charge on any atom is -0.267 e. The summed E-state index contributed by atoms with van der Waals surface area (Å²) in [5.41, 5.74) is 0.437. The molecule has 1 heterocycles. The van der Waals surface area contributed by atoms with Crippen LogP contribution in [0.15, 0.2) is 59.5 Å². The van der Waals surface area contributed by atoms with E-state index in [0.29, 0.717) is 16.5 Å². The lowest BCUT2D eigenvalue weighted by molar-refractivity contribution is 0.629. The van der Waals surface area contributed by atoms with Gasteiger partial charge < -0.3 is 0 Å². The van der Waals surface area contributed by atoms with E-state index in [0.717, 1.165) is 0 Å². The SMILES string of the molecule is O=c1c2ccc(F)cc2cnn1-c1ccccc1. The van der Waals surface area contributed by atoms with Gasteiger partial charge in [0.15, 0.2) is 0 Å². The Morgan fingerprint density at radius 3 is 2.61 bits per heavy atom. The van der Waals surface area contributed by atoms with Crippen LogP contribution in [0.4, 0.5) is 4.39 Å².